The van der Waals surface area contributed by atoms with Crippen LogP contribution in [-0.2, 0) is 10.0 Å². The molecule has 8 heteroatoms. The van der Waals surface area contributed by atoms with Gasteiger partial charge in [0.25, 0.3) is 5.91 Å². The van der Waals surface area contributed by atoms with Crippen molar-refractivity contribution in [1.29, 1.82) is 0 Å². The van der Waals surface area contributed by atoms with Gasteiger partial charge in [0.2, 0.25) is 10.0 Å². The largest absolute Gasteiger partial charge is 0.422 e. The van der Waals surface area contributed by atoms with Gasteiger partial charge in [0.1, 0.15) is 11.1 Å². The van der Waals surface area contributed by atoms with Gasteiger partial charge in [-0.15, -0.1) is 0 Å². The van der Waals surface area contributed by atoms with Crippen LogP contribution in [0.2, 0.25) is 0 Å². The summed E-state index contributed by atoms with van der Waals surface area (Å²) in [5.74, 6) is -0.445. The van der Waals surface area contributed by atoms with Gasteiger partial charge < -0.3 is 9.32 Å². The van der Waals surface area contributed by atoms with Crippen molar-refractivity contribution in [2.45, 2.75) is 25.7 Å². The fourth-order valence-corrected chi connectivity index (χ4v) is 6.05. The lowest BCUT2D eigenvalue weighted by molar-refractivity contribution is 0.0693. The van der Waals surface area contributed by atoms with Crippen molar-refractivity contribution >= 4 is 26.9 Å². The minimum atomic E-state index is -3.68. The number of sulfonamides is 1. The highest BCUT2D eigenvalue weighted by Crippen LogP contribution is 2.26. The Balaban J connectivity index is 1.54. The molecule has 7 nitrogen and oxygen atoms in total. The molecule has 1 aliphatic rings. The topological polar surface area (TPSA) is 87.9 Å². The second-order valence-electron chi connectivity index (χ2n) is 7.91. The third-order valence-electron chi connectivity index (χ3n) is 5.60. The number of piperazine rings is 1. The van der Waals surface area contributed by atoms with Crippen LogP contribution in [0.5, 0.6) is 0 Å². The number of amides is 1. The number of fused-ring (bicyclic) bond motifs is 1. The van der Waals surface area contributed by atoms with Crippen LogP contribution in [0.25, 0.3) is 11.0 Å². The van der Waals surface area contributed by atoms with Gasteiger partial charge in [-0.1, -0.05) is 35.9 Å². The smallest absolute Gasteiger partial charge is 0.349 e. The Morgan fingerprint density at radius 3 is 2.19 bits per heavy atom. The van der Waals surface area contributed by atoms with E-state index in [9.17, 15) is 18.0 Å². The van der Waals surface area contributed by atoms with Gasteiger partial charge in [0.15, 0.2) is 0 Å². The Hall–Kier alpha value is -2.97. The fraction of sp³-hybridized carbons (Fsp3) is 0.304. The molecule has 0 aliphatic carbocycles. The third-order valence-corrected chi connectivity index (χ3v) is 7.81. The minimum Gasteiger partial charge on any atom is -0.422 e. The highest BCUT2D eigenvalue weighted by molar-refractivity contribution is 7.89. The number of nitrogens with zero attached hydrogens (tertiary/aromatic N) is 2. The van der Waals surface area contributed by atoms with Crippen LogP contribution < -0.4 is 5.63 Å². The predicted octanol–water partition coefficient (Wildman–Crippen LogP) is 2.86. The molecule has 162 valence electrons. The monoisotopic (exact) mass is 440 g/mol. The molecule has 1 aromatic heterocycles. The van der Waals surface area contributed by atoms with E-state index in [1.165, 1.54) is 15.3 Å². The Labute approximate surface area is 180 Å². The maximum absolute atomic E-state index is 13.2. The van der Waals surface area contributed by atoms with Crippen LogP contribution in [0.1, 0.15) is 27.0 Å². The summed E-state index contributed by atoms with van der Waals surface area (Å²) in [5.41, 5.74) is 2.13. The van der Waals surface area contributed by atoms with Crippen molar-refractivity contribution in [3.8, 4) is 0 Å². The van der Waals surface area contributed by atoms with Gasteiger partial charge in [0, 0.05) is 31.6 Å². The lowest BCUT2D eigenvalue weighted by Gasteiger charge is -2.34. The van der Waals surface area contributed by atoms with E-state index >= 15 is 0 Å². The standard InChI is InChI=1S/C23H24N2O5S/c1-15-12-16(2)21(17(3)13-15)31(28,29)25-10-8-24(9-11-25)22(26)19-14-18-6-4-5-7-20(18)30-23(19)27/h4-7,12-14H,8-11H2,1-3H3. The zero-order chi connectivity index (χ0) is 22.3. The average Bonchev–Trinajstić information content (AvgIpc) is 2.72. The van der Waals surface area contributed by atoms with Crippen molar-refractivity contribution < 1.29 is 17.6 Å². The number of hydrogen-bond donors (Lipinski definition) is 0. The number of para-hydroxylation sites is 1. The molecule has 1 saturated heterocycles. The van der Waals surface area contributed by atoms with E-state index in [1.54, 1.807) is 38.1 Å². The second-order valence-corrected chi connectivity index (χ2v) is 9.78. The molecule has 0 spiro atoms. The van der Waals surface area contributed by atoms with Crippen LogP contribution in [-0.4, -0.2) is 49.7 Å². The molecular weight excluding hydrogens is 416 g/mol. The fourth-order valence-electron chi connectivity index (χ4n) is 4.22. The molecule has 2 aromatic carbocycles. The summed E-state index contributed by atoms with van der Waals surface area (Å²) in [6.45, 7) is 6.27. The van der Waals surface area contributed by atoms with Crippen LogP contribution in [0.4, 0.5) is 0 Å². The average molecular weight is 441 g/mol. The molecule has 4 rings (SSSR count). The number of hydrogen-bond acceptors (Lipinski definition) is 5. The summed E-state index contributed by atoms with van der Waals surface area (Å²) < 4.78 is 33.2. The SMILES string of the molecule is Cc1cc(C)c(S(=O)(=O)N2CCN(C(=O)c3cc4ccccc4oc3=O)CC2)c(C)c1. The van der Waals surface area contributed by atoms with Crippen LogP contribution >= 0.6 is 0 Å². The molecular formula is C23H24N2O5S. The Bertz CT molecular complexity index is 1310. The Kier molecular flexibility index (Phi) is 5.45. The number of aryl methyl sites for hydroxylation is 3. The summed E-state index contributed by atoms with van der Waals surface area (Å²) in [7, 11) is -3.68. The molecule has 0 atom stereocenters. The first-order chi connectivity index (χ1) is 14.7. The quantitative estimate of drug-likeness (QED) is 0.585. The summed E-state index contributed by atoms with van der Waals surface area (Å²) in [6.07, 6.45) is 0. The van der Waals surface area contributed by atoms with Crippen molar-refractivity contribution in [2.24, 2.45) is 0 Å². The summed E-state index contributed by atoms with van der Waals surface area (Å²) in [5, 5.41) is 0.664. The zero-order valence-corrected chi connectivity index (χ0v) is 18.5. The van der Waals surface area contributed by atoms with E-state index in [1.807, 2.05) is 19.1 Å². The number of carbonyl (C=O) groups excluding carboxylic acids is 1. The lowest BCUT2D eigenvalue weighted by atomic mass is 10.1. The lowest BCUT2D eigenvalue weighted by Crippen LogP contribution is -2.51. The van der Waals surface area contributed by atoms with E-state index in [-0.39, 0.29) is 31.7 Å². The van der Waals surface area contributed by atoms with Crippen molar-refractivity contribution in [3.63, 3.8) is 0 Å². The van der Waals surface area contributed by atoms with Gasteiger partial charge in [0.05, 0.1) is 4.90 Å². The van der Waals surface area contributed by atoms with Gasteiger partial charge in [-0.3, -0.25) is 4.79 Å². The van der Waals surface area contributed by atoms with E-state index in [0.29, 0.717) is 27.0 Å². The molecule has 0 bridgehead atoms. The van der Waals surface area contributed by atoms with Crippen molar-refractivity contribution in [3.05, 3.63) is 75.1 Å². The molecule has 31 heavy (non-hydrogen) atoms. The molecule has 1 aliphatic heterocycles. The van der Waals surface area contributed by atoms with Crippen LogP contribution in [0, 0.1) is 20.8 Å². The third kappa shape index (κ3) is 3.88. The van der Waals surface area contributed by atoms with Crippen LogP contribution in [0.15, 0.2) is 56.6 Å². The Morgan fingerprint density at radius 1 is 0.935 bits per heavy atom. The predicted molar refractivity (Wildman–Crippen MR) is 118 cm³/mol. The summed E-state index contributed by atoms with van der Waals surface area (Å²) in [6, 6.07) is 12.2. The molecule has 0 radical (unpaired) electrons. The minimum absolute atomic E-state index is 0.0415. The van der Waals surface area contributed by atoms with E-state index in [2.05, 4.69) is 0 Å². The highest BCUT2D eigenvalue weighted by atomic mass is 32.2. The van der Waals surface area contributed by atoms with Crippen molar-refractivity contribution in [1.82, 2.24) is 9.21 Å². The molecule has 1 amide bonds. The van der Waals surface area contributed by atoms with Gasteiger partial charge >= 0.3 is 5.63 Å². The number of rotatable bonds is 3. The number of benzene rings is 2. The molecule has 0 unspecified atom stereocenters. The number of carbonyl (C=O) groups is 1. The maximum Gasteiger partial charge on any atom is 0.349 e. The first-order valence-corrected chi connectivity index (χ1v) is 11.5. The molecule has 0 N–H and O–H groups in total. The van der Waals surface area contributed by atoms with Gasteiger partial charge in [-0.2, -0.15) is 4.31 Å². The summed E-state index contributed by atoms with van der Waals surface area (Å²) >= 11 is 0. The van der Waals surface area contributed by atoms with Crippen LogP contribution in [0.3, 0.4) is 0 Å². The van der Waals surface area contributed by atoms with E-state index in [0.717, 1.165) is 5.56 Å². The molecule has 3 aromatic rings. The maximum atomic E-state index is 13.2. The summed E-state index contributed by atoms with van der Waals surface area (Å²) in [4.78, 5) is 27.1. The van der Waals surface area contributed by atoms with Gasteiger partial charge in [-0.25, -0.2) is 13.2 Å². The van der Waals surface area contributed by atoms with E-state index < -0.39 is 21.6 Å². The second kappa shape index (κ2) is 7.94. The molecule has 0 saturated carbocycles. The highest BCUT2D eigenvalue weighted by Gasteiger charge is 2.33. The zero-order valence-electron chi connectivity index (χ0n) is 17.7. The van der Waals surface area contributed by atoms with Gasteiger partial charge in [-0.05, 0) is 44.0 Å². The molecule has 1 fully saturated rings. The normalized spacial score (nSPS) is 15.4. The first kappa shape index (κ1) is 21.3. The van der Waals surface area contributed by atoms with Crippen molar-refractivity contribution in [2.75, 3.05) is 26.2 Å². The van der Waals surface area contributed by atoms with E-state index in [4.69, 9.17) is 4.42 Å². The first-order valence-electron chi connectivity index (χ1n) is 10.1. The Morgan fingerprint density at radius 2 is 1.55 bits per heavy atom. The molecule has 2 heterocycles.